The molecule has 158 valence electrons. The van der Waals surface area contributed by atoms with Crippen LogP contribution in [0.25, 0.3) is 0 Å². The van der Waals surface area contributed by atoms with Crippen LogP contribution in [0.5, 0.6) is 0 Å². The number of hydrogen-bond acceptors (Lipinski definition) is 5. The van der Waals surface area contributed by atoms with Gasteiger partial charge < -0.3 is 5.32 Å². The fourth-order valence-electron chi connectivity index (χ4n) is 2.46. The summed E-state index contributed by atoms with van der Waals surface area (Å²) in [6.45, 7) is 3.29. The van der Waals surface area contributed by atoms with E-state index in [1.807, 2.05) is 0 Å². The molecule has 0 bridgehead atoms. The Balaban J connectivity index is 2.08. The zero-order valence-corrected chi connectivity index (χ0v) is 16.7. The van der Waals surface area contributed by atoms with Gasteiger partial charge in [0.15, 0.2) is 0 Å². The number of nitrogens with zero attached hydrogens (tertiary/aromatic N) is 1. The molecule has 0 saturated carbocycles. The lowest BCUT2D eigenvalue weighted by Gasteiger charge is -2.22. The van der Waals surface area contributed by atoms with E-state index in [1.54, 1.807) is 13.8 Å². The Kier molecular flexibility index (Phi) is 7.43. The fourth-order valence-corrected chi connectivity index (χ4v) is 2.65. The van der Waals surface area contributed by atoms with Crippen molar-refractivity contribution in [2.45, 2.75) is 19.9 Å². The molecule has 3 N–H and O–H groups in total. The number of rotatable bonds is 6. The first-order valence-corrected chi connectivity index (χ1v) is 9.09. The van der Waals surface area contributed by atoms with Crippen molar-refractivity contribution in [3.8, 4) is 0 Å². The third-order valence-corrected chi connectivity index (χ3v) is 4.38. The molecule has 0 aliphatic carbocycles. The van der Waals surface area contributed by atoms with Crippen molar-refractivity contribution >= 4 is 35.0 Å². The summed E-state index contributed by atoms with van der Waals surface area (Å²) in [5.41, 5.74) is 3.43. The minimum atomic E-state index is -1.09. The van der Waals surface area contributed by atoms with Gasteiger partial charge in [-0.2, -0.15) is 0 Å². The number of carbonyl (C=O) groups is 3. The number of hydrogen-bond donors (Lipinski definition) is 3. The molecule has 9 nitrogen and oxygen atoms in total. The molecule has 0 radical (unpaired) electrons. The average Bonchev–Trinajstić information content (AvgIpc) is 2.70. The van der Waals surface area contributed by atoms with E-state index in [4.69, 9.17) is 11.6 Å². The second kappa shape index (κ2) is 9.79. The molecule has 0 spiro atoms. The van der Waals surface area contributed by atoms with E-state index >= 15 is 0 Å². The second-order valence-corrected chi connectivity index (χ2v) is 6.95. The topological polar surface area (TPSA) is 130 Å². The van der Waals surface area contributed by atoms with Gasteiger partial charge in [0, 0.05) is 11.6 Å². The summed E-state index contributed by atoms with van der Waals surface area (Å²) in [7, 11) is 0. The molecular formula is C19H18ClFN4O5. The monoisotopic (exact) mass is 436 g/mol. The zero-order valence-electron chi connectivity index (χ0n) is 15.9. The van der Waals surface area contributed by atoms with Gasteiger partial charge in [-0.05, 0) is 30.2 Å². The predicted molar refractivity (Wildman–Crippen MR) is 106 cm³/mol. The highest BCUT2D eigenvalue weighted by molar-refractivity contribution is 6.32. The molecular weight excluding hydrogens is 419 g/mol. The Bertz CT molecular complexity index is 999. The SMILES string of the molecule is CC(C)C(NC(=O)c1ccc(Cl)c([N+](=O)[O-])c1)C(=O)NNC(=O)c1ccccc1F. The van der Waals surface area contributed by atoms with E-state index < -0.39 is 46.1 Å². The van der Waals surface area contributed by atoms with E-state index in [0.717, 1.165) is 12.1 Å². The van der Waals surface area contributed by atoms with Gasteiger partial charge in [0.05, 0.1) is 10.5 Å². The smallest absolute Gasteiger partial charge is 0.288 e. The number of nitro groups is 1. The quantitative estimate of drug-likeness (QED) is 0.473. The first-order valence-electron chi connectivity index (χ1n) is 8.71. The molecule has 1 atom stereocenters. The molecule has 0 saturated heterocycles. The summed E-state index contributed by atoms with van der Waals surface area (Å²) in [6.07, 6.45) is 0. The summed E-state index contributed by atoms with van der Waals surface area (Å²) in [4.78, 5) is 47.2. The normalized spacial score (nSPS) is 11.5. The lowest BCUT2D eigenvalue weighted by molar-refractivity contribution is -0.384. The van der Waals surface area contributed by atoms with Crippen LogP contribution in [0.4, 0.5) is 10.1 Å². The van der Waals surface area contributed by atoms with Crippen LogP contribution in [0.3, 0.4) is 0 Å². The van der Waals surface area contributed by atoms with E-state index in [-0.39, 0.29) is 16.1 Å². The molecule has 2 aromatic rings. The average molecular weight is 437 g/mol. The molecule has 0 heterocycles. The Morgan fingerprint density at radius 1 is 1.07 bits per heavy atom. The van der Waals surface area contributed by atoms with Crippen LogP contribution in [-0.2, 0) is 4.79 Å². The van der Waals surface area contributed by atoms with Gasteiger partial charge in [0.1, 0.15) is 16.9 Å². The maximum absolute atomic E-state index is 13.6. The van der Waals surface area contributed by atoms with Crippen LogP contribution in [0, 0.1) is 21.8 Å². The third kappa shape index (κ3) is 5.51. The van der Waals surface area contributed by atoms with Crippen molar-refractivity contribution in [2.24, 2.45) is 5.92 Å². The van der Waals surface area contributed by atoms with Crippen LogP contribution in [0.15, 0.2) is 42.5 Å². The summed E-state index contributed by atoms with van der Waals surface area (Å²) < 4.78 is 13.6. The maximum atomic E-state index is 13.6. The number of hydrazine groups is 1. The highest BCUT2D eigenvalue weighted by Gasteiger charge is 2.26. The van der Waals surface area contributed by atoms with Crippen molar-refractivity contribution < 1.29 is 23.7 Å². The van der Waals surface area contributed by atoms with Crippen LogP contribution >= 0.6 is 11.6 Å². The highest BCUT2D eigenvalue weighted by atomic mass is 35.5. The summed E-state index contributed by atoms with van der Waals surface area (Å²) in [6, 6.07) is 7.59. The number of benzene rings is 2. The Morgan fingerprint density at radius 2 is 1.73 bits per heavy atom. The number of carbonyl (C=O) groups excluding carboxylic acids is 3. The molecule has 0 aliphatic rings. The first-order chi connectivity index (χ1) is 14.1. The van der Waals surface area contributed by atoms with E-state index in [2.05, 4.69) is 16.2 Å². The second-order valence-electron chi connectivity index (χ2n) is 6.54. The highest BCUT2D eigenvalue weighted by Crippen LogP contribution is 2.25. The minimum absolute atomic E-state index is 0.0695. The summed E-state index contributed by atoms with van der Waals surface area (Å²) in [5, 5.41) is 13.3. The Labute approximate surface area is 175 Å². The molecule has 0 aliphatic heterocycles. The van der Waals surface area contributed by atoms with Crippen LogP contribution in [0.2, 0.25) is 5.02 Å². The van der Waals surface area contributed by atoms with Gasteiger partial charge in [-0.15, -0.1) is 0 Å². The molecule has 2 aromatic carbocycles. The van der Waals surface area contributed by atoms with Gasteiger partial charge in [-0.25, -0.2) is 4.39 Å². The van der Waals surface area contributed by atoms with E-state index in [9.17, 15) is 28.9 Å². The maximum Gasteiger partial charge on any atom is 0.288 e. The van der Waals surface area contributed by atoms with Crippen LogP contribution in [0.1, 0.15) is 34.6 Å². The number of nitro benzene ring substituents is 1. The number of nitrogens with one attached hydrogen (secondary N) is 3. The van der Waals surface area contributed by atoms with Crippen molar-refractivity contribution in [3.63, 3.8) is 0 Å². The first kappa shape index (κ1) is 22.8. The molecule has 1 unspecified atom stereocenters. The van der Waals surface area contributed by atoms with Crippen molar-refractivity contribution in [1.82, 2.24) is 16.2 Å². The lowest BCUT2D eigenvalue weighted by Crippen LogP contribution is -2.54. The van der Waals surface area contributed by atoms with Gasteiger partial charge >= 0.3 is 0 Å². The molecule has 30 heavy (non-hydrogen) atoms. The van der Waals surface area contributed by atoms with Crippen molar-refractivity contribution in [2.75, 3.05) is 0 Å². The molecule has 11 heteroatoms. The molecule has 0 fully saturated rings. The molecule has 2 rings (SSSR count). The van der Waals surface area contributed by atoms with Gasteiger partial charge in [-0.1, -0.05) is 37.6 Å². The number of amides is 3. The lowest BCUT2D eigenvalue weighted by atomic mass is 10.0. The van der Waals surface area contributed by atoms with Gasteiger partial charge in [0.2, 0.25) is 0 Å². The Morgan fingerprint density at radius 3 is 2.33 bits per heavy atom. The van der Waals surface area contributed by atoms with Crippen LogP contribution < -0.4 is 16.2 Å². The Hall–Kier alpha value is -3.53. The van der Waals surface area contributed by atoms with E-state index in [1.165, 1.54) is 30.3 Å². The molecule has 3 amide bonds. The van der Waals surface area contributed by atoms with Crippen LogP contribution in [-0.4, -0.2) is 28.7 Å². The number of halogens is 2. The summed E-state index contributed by atoms with van der Waals surface area (Å²) in [5.74, 6) is -3.54. The zero-order chi connectivity index (χ0) is 22.4. The largest absolute Gasteiger partial charge is 0.340 e. The molecule has 0 aromatic heterocycles. The standard InChI is InChI=1S/C19H18ClFN4O5/c1-10(2)16(19(28)24-23-18(27)12-5-3-4-6-14(12)21)22-17(26)11-7-8-13(20)15(9-11)25(29)30/h3-10,16H,1-2H3,(H,22,26)(H,23,27)(H,24,28). The van der Waals surface area contributed by atoms with Crippen molar-refractivity contribution in [3.05, 3.63) is 74.5 Å². The van der Waals surface area contributed by atoms with Gasteiger partial charge in [0.25, 0.3) is 23.4 Å². The summed E-state index contributed by atoms with van der Waals surface area (Å²) >= 11 is 5.73. The van der Waals surface area contributed by atoms with E-state index in [0.29, 0.717) is 0 Å². The third-order valence-electron chi connectivity index (χ3n) is 4.06. The van der Waals surface area contributed by atoms with Gasteiger partial charge in [-0.3, -0.25) is 35.3 Å². The minimum Gasteiger partial charge on any atom is -0.340 e. The fraction of sp³-hybridized carbons (Fsp3) is 0.211. The predicted octanol–water partition coefficient (Wildman–Crippen LogP) is 2.60. The van der Waals surface area contributed by atoms with Crippen molar-refractivity contribution in [1.29, 1.82) is 0 Å².